The third-order valence-corrected chi connectivity index (χ3v) is 11.6. The van der Waals surface area contributed by atoms with E-state index in [0.717, 1.165) is 0 Å². The van der Waals surface area contributed by atoms with Crippen molar-refractivity contribution in [3.05, 3.63) is 24.0 Å². The van der Waals surface area contributed by atoms with Crippen LogP contribution in [0.1, 0.15) is 71.3 Å². The number of aromatic amines is 1. The van der Waals surface area contributed by atoms with Crippen LogP contribution in [-0.2, 0) is 19.0 Å². The average molecular weight is 536 g/mol. The molecule has 6 N–H and O–H groups in total. The molecule has 0 amide bonds. The first kappa shape index (κ1) is 26.2. The lowest BCUT2D eigenvalue weighted by molar-refractivity contribution is -0.390. The van der Waals surface area contributed by atoms with Crippen molar-refractivity contribution >= 4 is 11.9 Å². The summed E-state index contributed by atoms with van der Waals surface area (Å²) in [6.07, 6.45) is -1.56. The molecule has 0 aromatic carbocycles. The second-order valence-electron chi connectivity index (χ2n) is 13.0. The largest absolute Gasteiger partial charge is 0.459 e. The quantitative estimate of drug-likeness (QED) is 0.295. The van der Waals surface area contributed by atoms with E-state index in [1.54, 1.807) is 26.8 Å². The number of carbonyl (C=O) groups is 2. The van der Waals surface area contributed by atoms with Crippen molar-refractivity contribution < 1.29 is 49.3 Å². The first-order valence-electron chi connectivity index (χ1n) is 13.2. The minimum absolute atomic E-state index is 0.0383. The Morgan fingerprint density at radius 1 is 1.13 bits per heavy atom. The molecule has 3 heterocycles. The minimum Gasteiger partial charge on any atom is -0.459 e. The molecule has 1 aromatic heterocycles. The van der Waals surface area contributed by atoms with E-state index in [2.05, 4.69) is 4.98 Å². The van der Waals surface area contributed by atoms with Gasteiger partial charge in [-0.3, -0.25) is 4.79 Å². The van der Waals surface area contributed by atoms with E-state index in [4.69, 9.17) is 14.2 Å². The molecule has 1 aromatic rings. The van der Waals surface area contributed by atoms with Crippen molar-refractivity contribution in [2.45, 2.75) is 107 Å². The lowest BCUT2D eigenvalue weighted by Crippen LogP contribution is -2.75. The lowest BCUT2D eigenvalue weighted by Gasteiger charge is -2.60. The van der Waals surface area contributed by atoms with Crippen LogP contribution in [0.2, 0.25) is 0 Å². The highest BCUT2D eigenvalue weighted by atomic mass is 16.7. The van der Waals surface area contributed by atoms with Crippen molar-refractivity contribution in [3.63, 3.8) is 0 Å². The first-order valence-corrected chi connectivity index (χ1v) is 13.2. The van der Waals surface area contributed by atoms with Crippen LogP contribution in [-0.4, -0.2) is 88.5 Å². The maximum atomic E-state index is 13.3. The van der Waals surface area contributed by atoms with E-state index in [1.807, 2.05) is 0 Å². The molecule has 0 unspecified atom stereocenters. The minimum atomic E-state index is -2.63. The summed E-state index contributed by atoms with van der Waals surface area (Å²) in [5.74, 6) is -5.13. The van der Waals surface area contributed by atoms with Crippen LogP contribution in [0.15, 0.2) is 18.3 Å². The molecule has 4 aliphatic carbocycles. The summed E-state index contributed by atoms with van der Waals surface area (Å²) in [4.78, 5) is 28.4. The van der Waals surface area contributed by atoms with Crippen LogP contribution in [0.4, 0.5) is 0 Å². The molecule has 0 radical (unpaired) electrons. The summed E-state index contributed by atoms with van der Waals surface area (Å²) in [7, 11) is 0. The SMILES string of the molecule is CC(=O)O[C@@H]1[C@@H](C)CC[C@]2(O)[C@]3(C)C[C@]4(O)O[C@]12[C@]1(O)[C@@]3(O)[C@H](OC(=O)c2ccc[nH]2)[C@](O)(C(C)C)[C@@]14C. The summed E-state index contributed by atoms with van der Waals surface area (Å²) in [5.41, 5.74) is -15.5. The van der Waals surface area contributed by atoms with Crippen LogP contribution in [0, 0.1) is 22.7 Å². The second-order valence-corrected chi connectivity index (χ2v) is 13.0. The summed E-state index contributed by atoms with van der Waals surface area (Å²) in [6.45, 7) is 9.11. The Labute approximate surface area is 220 Å². The van der Waals surface area contributed by atoms with E-state index < -0.39 is 80.6 Å². The van der Waals surface area contributed by atoms with Gasteiger partial charge >= 0.3 is 11.9 Å². The van der Waals surface area contributed by atoms with Gasteiger partial charge in [0, 0.05) is 25.0 Å². The highest BCUT2D eigenvalue weighted by molar-refractivity contribution is 5.87. The van der Waals surface area contributed by atoms with Crippen molar-refractivity contribution in [2.75, 3.05) is 0 Å². The molecule has 38 heavy (non-hydrogen) atoms. The molecule has 2 saturated heterocycles. The number of rotatable bonds is 4. The van der Waals surface area contributed by atoms with Crippen LogP contribution in [0.3, 0.4) is 0 Å². The molecular formula is C27H37NO10. The van der Waals surface area contributed by atoms with Gasteiger partial charge in [0.05, 0.1) is 5.41 Å². The number of ether oxygens (including phenoxy) is 3. The van der Waals surface area contributed by atoms with Crippen LogP contribution < -0.4 is 0 Å². The fraction of sp³-hybridized carbons (Fsp3) is 0.778. The molecule has 6 bridgehead atoms. The smallest absolute Gasteiger partial charge is 0.355 e. The van der Waals surface area contributed by atoms with Gasteiger partial charge in [-0.2, -0.15) is 0 Å². The number of carbonyl (C=O) groups excluding carboxylic acids is 2. The molecule has 11 nitrogen and oxygen atoms in total. The molecule has 210 valence electrons. The summed E-state index contributed by atoms with van der Waals surface area (Å²) >= 11 is 0. The number of hydrogen-bond donors (Lipinski definition) is 6. The van der Waals surface area contributed by atoms with E-state index >= 15 is 0 Å². The Hall–Kier alpha value is -2.02. The van der Waals surface area contributed by atoms with Gasteiger partial charge in [-0.1, -0.05) is 27.7 Å². The van der Waals surface area contributed by atoms with Gasteiger partial charge < -0.3 is 44.7 Å². The number of aromatic nitrogens is 1. The maximum absolute atomic E-state index is 13.3. The van der Waals surface area contributed by atoms with Gasteiger partial charge in [-0.05, 0) is 43.7 Å². The zero-order chi connectivity index (χ0) is 28.1. The van der Waals surface area contributed by atoms with E-state index in [9.17, 15) is 35.1 Å². The molecule has 11 heteroatoms. The van der Waals surface area contributed by atoms with Gasteiger partial charge in [-0.15, -0.1) is 0 Å². The van der Waals surface area contributed by atoms with Gasteiger partial charge in [0.1, 0.15) is 34.2 Å². The number of nitrogens with one attached hydrogen (secondary N) is 1. The summed E-state index contributed by atoms with van der Waals surface area (Å²) < 4.78 is 18.0. The van der Waals surface area contributed by atoms with Crippen molar-refractivity contribution in [3.8, 4) is 0 Å². The highest BCUT2D eigenvalue weighted by Crippen LogP contribution is 2.90. The Balaban J connectivity index is 1.69. The van der Waals surface area contributed by atoms with Gasteiger partial charge in [-0.25, -0.2) is 4.79 Å². The fourth-order valence-corrected chi connectivity index (χ4v) is 9.91. The molecule has 7 rings (SSSR count). The Morgan fingerprint density at radius 2 is 1.79 bits per heavy atom. The molecule has 2 aliphatic heterocycles. The molecule has 11 atom stereocenters. The predicted octanol–water partition coefficient (Wildman–Crippen LogP) is 0.383. The molecule has 4 saturated carbocycles. The van der Waals surface area contributed by atoms with Gasteiger partial charge in [0.25, 0.3) is 0 Å². The zero-order valence-corrected chi connectivity index (χ0v) is 22.4. The number of hydrogen-bond acceptors (Lipinski definition) is 10. The lowest BCUT2D eigenvalue weighted by atomic mass is 9.52. The molecular weight excluding hydrogens is 498 g/mol. The Kier molecular flexibility index (Phi) is 4.70. The average Bonchev–Trinajstić information content (AvgIpc) is 3.45. The maximum Gasteiger partial charge on any atom is 0.355 e. The van der Waals surface area contributed by atoms with Gasteiger partial charge in [0.15, 0.2) is 17.5 Å². The van der Waals surface area contributed by atoms with Crippen molar-refractivity contribution in [2.24, 2.45) is 22.7 Å². The zero-order valence-electron chi connectivity index (χ0n) is 22.4. The fourth-order valence-electron chi connectivity index (χ4n) is 9.91. The monoisotopic (exact) mass is 535 g/mol. The second kappa shape index (κ2) is 6.82. The first-order chi connectivity index (χ1) is 17.4. The normalized spacial score (nSPS) is 55.8. The van der Waals surface area contributed by atoms with Crippen molar-refractivity contribution in [1.82, 2.24) is 4.98 Å². The van der Waals surface area contributed by atoms with Crippen LogP contribution in [0.25, 0.3) is 0 Å². The van der Waals surface area contributed by atoms with Gasteiger partial charge in [0.2, 0.25) is 0 Å². The molecule has 6 aliphatic rings. The summed E-state index contributed by atoms with van der Waals surface area (Å²) in [5, 5.41) is 63.5. The van der Waals surface area contributed by atoms with Crippen LogP contribution in [0.5, 0.6) is 0 Å². The number of H-pyrrole nitrogens is 1. The number of esters is 2. The predicted molar refractivity (Wildman–Crippen MR) is 128 cm³/mol. The third-order valence-electron chi connectivity index (χ3n) is 11.6. The third kappa shape index (κ3) is 2.03. The van der Waals surface area contributed by atoms with E-state index in [1.165, 1.54) is 33.0 Å². The molecule has 1 spiro atoms. The van der Waals surface area contributed by atoms with E-state index in [0.29, 0.717) is 6.42 Å². The molecule has 6 fully saturated rings. The standard InChI is InChI=1S/C27H37NO10/c1-13(2)24(33)19(37-18(30)16-8-7-11-28-16)25(34)20(5)12-23(32)21(24,6)27(25,35)26(38-23)17(36-15(4)29)14(3)9-10-22(20,26)31/h7-8,11,13-14,17,19,28,31-35H,9-10,12H2,1-6H3/t14-,17+,19+,20-,21-,22-,23-,24+,25+,26+,27+/m0/s1. The Morgan fingerprint density at radius 3 is 2.34 bits per heavy atom. The summed E-state index contributed by atoms with van der Waals surface area (Å²) in [6, 6.07) is 3.05. The van der Waals surface area contributed by atoms with Crippen molar-refractivity contribution in [1.29, 1.82) is 0 Å². The topological polar surface area (TPSA) is 179 Å². The van der Waals surface area contributed by atoms with E-state index in [-0.39, 0.29) is 18.5 Å². The Bertz CT molecular complexity index is 1240. The number of aliphatic hydroxyl groups is 5. The highest BCUT2D eigenvalue weighted by Gasteiger charge is 3.10. The van der Waals surface area contributed by atoms with Crippen LogP contribution >= 0.6 is 0 Å².